The molecule has 3 aromatic heterocycles. The number of alkyl halides is 3. The number of hydrogen-bond donors (Lipinski definition) is 1. The van der Waals surface area contributed by atoms with Crippen molar-refractivity contribution in [3.05, 3.63) is 66.2 Å². The summed E-state index contributed by atoms with van der Waals surface area (Å²) in [6, 6.07) is 8.44. The van der Waals surface area contributed by atoms with E-state index >= 15 is 0 Å². The van der Waals surface area contributed by atoms with E-state index in [0.29, 0.717) is 22.4 Å². The zero-order chi connectivity index (χ0) is 22.5. The molecule has 0 fully saturated rings. The molecule has 1 aliphatic heterocycles. The second-order valence-corrected chi connectivity index (χ2v) is 7.08. The Labute approximate surface area is 179 Å². The van der Waals surface area contributed by atoms with Crippen LogP contribution in [0.1, 0.15) is 15.9 Å². The van der Waals surface area contributed by atoms with Crippen molar-refractivity contribution in [2.75, 3.05) is 23.8 Å². The number of aromatic nitrogens is 4. The van der Waals surface area contributed by atoms with Crippen molar-refractivity contribution in [1.82, 2.24) is 19.5 Å². The summed E-state index contributed by atoms with van der Waals surface area (Å²) in [6.07, 6.45) is -0.113. The maximum absolute atomic E-state index is 13.1. The predicted molar refractivity (Wildman–Crippen MR) is 110 cm³/mol. The van der Waals surface area contributed by atoms with Crippen LogP contribution in [-0.4, -0.2) is 38.6 Å². The number of amides is 1. The molecule has 32 heavy (non-hydrogen) atoms. The van der Waals surface area contributed by atoms with Crippen molar-refractivity contribution in [2.24, 2.45) is 0 Å². The van der Waals surface area contributed by atoms with E-state index in [2.05, 4.69) is 15.0 Å². The van der Waals surface area contributed by atoms with Crippen molar-refractivity contribution in [2.45, 2.75) is 6.18 Å². The lowest BCUT2D eigenvalue weighted by Gasteiger charge is -2.20. The summed E-state index contributed by atoms with van der Waals surface area (Å²) in [6.45, 7) is 0.425. The highest BCUT2D eigenvalue weighted by atomic mass is 19.4. The Morgan fingerprint density at radius 3 is 2.72 bits per heavy atom. The van der Waals surface area contributed by atoms with Crippen LogP contribution < -0.4 is 15.4 Å². The Morgan fingerprint density at radius 1 is 1.06 bits per heavy atom. The molecule has 1 aliphatic rings. The Hall–Kier alpha value is -4.15. The highest BCUT2D eigenvalue weighted by molar-refractivity contribution is 6.11. The fraction of sp³-hybridized carbons (Fsp3) is 0.143. The van der Waals surface area contributed by atoms with Gasteiger partial charge in [0, 0.05) is 17.3 Å². The summed E-state index contributed by atoms with van der Waals surface area (Å²) >= 11 is 0. The molecule has 1 amide bonds. The number of nitrogen functional groups attached to an aromatic ring is 1. The third kappa shape index (κ3) is 3.27. The second kappa shape index (κ2) is 7.22. The van der Waals surface area contributed by atoms with Crippen LogP contribution in [0.2, 0.25) is 0 Å². The van der Waals surface area contributed by atoms with E-state index in [1.807, 2.05) is 0 Å². The molecule has 4 aromatic rings. The number of carbonyl (C=O) groups excluding carboxylic acids is 1. The largest absolute Gasteiger partial charge is 0.475 e. The molecule has 0 radical (unpaired) electrons. The van der Waals surface area contributed by atoms with Crippen molar-refractivity contribution >= 4 is 28.4 Å². The van der Waals surface area contributed by atoms with Crippen molar-refractivity contribution in [3.8, 4) is 11.6 Å². The summed E-state index contributed by atoms with van der Waals surface area (Å²) in [5.74, 6) is -0.291. The summed E-state index contributed by atoms with van der Waals surface area (Å²) < 4.78 is 46.4. The molecule has 0 aliphatic carbocycles. The molecular weight excluding hydrogens is 425 g/mol. The van der Waals surface area contributed by atoms with Crippen molar-refractivity contribution in [1.29, 1.82) is 0 Å². The number of halogens is 3. The normalized spacial score (nSPS) is 14.2. The number of benzene rings is 1. The number of rotatable bonds is 2. The van der Waals surface area contributed by atoms with Gasteiger partial charge in [0.2, 0.25) is 5.88 Å². The summed E-state index contributed by atoms with van der Waals surface area (Å²) in [5, 5.41) is 0.649. The standard InChI is InChI=1S/C21H15F3N6O2/c22-21(23,24)13-2-1-3-14(9-13)29-5-4-12-8-15(10-26-18(12)29)30-6-7-32-19-16(20(30)31)17(25)27-11-28-19/h1-5,8-11H,6-7H2,(H2,25,27,28). The van der Waals surface area contributed by atoms with Crippen LogP contribution in [-0.2, 0) is 6.18 Å². The number of nitrogens with zero attached hydrogens (tertiary/aromatic N) is 5. The zero-order valence-electron chi connectivity index (χ0n) is 16.4. The van der Waals surface area contributed by atoms with Crippen LogP contribution in [0, 0.1) is 0 Å². The van der Waals surface area contributed by atoms with Gasteiger partial charge in [0.05, 0.1) is 24.0 Å². The highest BCUT2D eigenvalue weighted by Gasteiger charge is 2.31. The monoisotopic (exact) mass is 440 g/mol. The number of fused-ring (bicyclic) bond motifs is 2. The Morgan fingerprint density at radius 2 is 1.91 bits per heavy atom. The highest BCUT2D eigenvalue weighted by Crippen LogP contribution is 2.32. The van der Waals surface area contributed by atoms with Gasteiger partial charge in [0.1, 0.15) is 30.0 Å². The fourth-order valence-corrected chi connectivity index (χ4v) is 3.61. The average molecular weight is 440 g/mol. The minimum absolute atomic E-state index is 0.0108. The van der Waals surface area contributed by atoms with Gasteiger partial charge in [-0.15, -0.1) is 0 Å². The first kappa shape index (κ1) is 19.8. The number of hydrogen-bond acceptors (Lipinski definition) is 6. The van der Waals surface area contributed by atoms with Gasteiger partial charge in [0.25, 0.3) is 5.91 Å². The number of carbonyl (C=O) groups is 1. The van der Waals surface area contributed by atoms with Crippen LogP contribution in [0.4, 0.5) is 24.7 Å². The van der Waals surface area contributed by atoms with E-state index in [1.54, 1.807) is 29.0 Å². The third-order valence-electron chi connectivity index (χ3n) is 5.13. The maximum atomic E-state index is 13.1. The Bertz CT molecular complexity index is 1350. The molecule has 2 N–H and O–H groups in total. The molecule has 11 heteroatoms. The number of ether oxygens (including phenoxy) is 1. The summed E-state index contributed by atoms with van der Waals surface area (Å²) in [7, 11) is 0. The minimum Gasteiger partial charge on any atom is -0.475 e. The maximum Gasteiger partial charge on any atom is 0.416 e. The molecule has 0 spiro atoms. The van der Waals surface area contributed by atoms with Gasteiger partial charge >= 0.3 is 6.18 Å². The molecule has 0 saturated heterocycles. The predicted octanol–water partition coefficient (Wildman–Crippen LogP) is 3.46. The molecule has 0 saturated carbocycles. The van der Waals surface area contributed by atoms with Crippen LogP contribution in [0.25, 0.3) is 16.7 Å². The van der Waals surface area contributed by atoms with E-state index < -0.39 is 17.6 Å². The van der Waals surface area contributed by atoms with Gasteiger partial charge in [0.15, 0.2) is 0 Å². The molecule has 0 unspecified atom stereocenters. The quantitative estimate of drug-likeness (QED) is 0.513. The van der Waals surface area contributed by atoms with Crippen LogP contribution in [0.3, 0.4) is 0 Å². The molecule has 0 bridgehead atoms. The van der Waals surface area contributed by atoms with Gasteiger partial charge < -0.3 is 19.9 Å². The molecule has 0 atom stereocenters. The molecular formula is C21H15F3N6O2. The lowest BCUT2D eigenvalue weighted by Crippen LogP contribution is -2.32. The molecule has 4 heterocycles. The molecule has 8 nitrogen and oxygen atoms in total. The summed E-state index contributed by atoms with van der Waals surface area (Å²) in [4.78, 5) is 26.8. The smallest absolute Gasteiger partial charge is 0.416 e. The first-order valence-electron chi connectivity index (χ1n) is 9.53. The molecule has 5 rings (SSSR count). The van der Waals surface area contributed by atoms with E-state index in [9.17, 15) is 18.0 Å². The third-order valence-corrected chi connectivity index (χ3v) is 5.13. The Balaban J connectivity index is 1.54. The zero-order valence-corrected chi connectivity index (χ0v) is 16.4. The molecule has 1 aromatic carbocycles. The minimum atomic E-state index is -4.45. The number of nitrogens with two attached hydrogens (primary N) is 1. The lowest BCUT2D eigenvalue weighted by molar-refractivity contribution is -0.137. The van der Waals surface area contributed by atoms with Crippen LogP contribution in [0.5, 0.6) is 5.88 Å². The lowest BCUT2D eigenvalue weighted by atomic mass is 10.2. The van der Waals surface area contributed by atoms with Gasteiger partial charge in [-0.1, -0.05) is 6.07 Å². The SMILES string of the molecule is Nc1ncnc2c1C(=O)N(c1cnc3c(ccn3-c3cccc(C(F)(F)F)c3)c1)CCO2. The van der Waals surface area contributed by atoms with E-state index in [4.69, 9.17) is 10.5 Å². The second-order valence-electron chi connectivity index (χ2n) is 7.08. The van der Waals surface area contributed by atoms with E-state index in [1.165, 1.54) is 23.5 Å². The summed E-state index contributed by atoms with van der Waals surface area (Å²) in [5.41, 5.74) is 6.46. The topological polar surface area (TPSA) is 99.2 Å². The Kier molecular flexibility index (Phi) is 4.47. The van der Waals surface area contributed by atoms with Gasteiger partial charge in [-0.3, -0.25) is 4.79 Å². The first-order chi connectivity index (χ1) is 15.3. The average Bonchev–Trinajstić information content (AvgIpc) is 3.11. The van der Waals surface area contributed by atoms with E-state index in [-0.39, 0.29) is 30.4 Å². The van der Waals surface area contributed by atoms with Crippen LogP contribution >= 0.6 is 0 Å². The van der Waals surface area contributed by atoms with Gasteiger partial charge in [-0.25, -0.2) is 15.0 Å². The van der Waals surface area contributed by atoms with Gasteiger partial charge in [-0.05, 0) is 30.3 Å². The molecule has 162 valence electrons. The number of anilines is 2. The van der Waals surface area contributed by atoms with Crippen molar-refractivity contribution < 1.29 is 22.7 Å². The first-order valence-corrected chi connectivity index (χ1v) is 9.53. The van der Waals surface area contributed by atoms with Gasteiger partial charge in [-0.2, -0.15) is 13.2 Å². The van der Waals surface area contributed by atoms with Crippen LogP contribution in [0.15, 0.2) is 55.1 Å². The fourth-order valence-electron chi connectivity index (χ4n) is 3.61. The van der Waals surface area contributed by atoms with E-state index in [0.717, 1.165) is 12.1 Å². The number of pyridine rings is 1. The van der Waals surface area contributed by atoms with Crippen molar-refractivity contribution in [3.63, 3.8) is 0 Å².